The van der Waals surface area contributed by atoms with Crippen molar-refractivity contribution < 1.29 is 28.5 Å². The predicted octanol–water partition coefficient (Wildman–Crippen LogP) is 4.79. The first-order valence-electron chi connectivity index (χ1n) is 12.4. The first kappa shape index (κ1) is 27.9. The van der Waals surface area contributed by atoms with E-state index in [-0.39, 0.29) is 11.8 Å². The van der Waals surface area contributed by atoms with Crippen LogP contribution in [-0.2, 0) is 4.79 Å². The summed E-state index contributed by atoms with van der Waals surface area (Å²) in [5.41, 5.74) is 2.67. The Morgan fingerprint density at radius 3 is 1.97 bits per heavy atom. The molecule has 0 aromatic heterocycles. The molecule has 0 spiro atoms. The number of nitrogens with zero attached hydrogens (tertiary/aromatic N) is 2. The highest BCUT2D eigenvalue weighted by Gasteiger charge is 2.26. The Kier molecular flexibility index (Phi) is 8.99. The summed E-state index contributed by atoms with van der Waals surface area (Å²) in [6.45, 7) is 1.55. The van der Waals surface area contributed by atoms with E-state index in [1.807, 2.05) is 42.5 Å². The summed E-state index contributed by atoms with van der Waals surface area (Å²) in [5, 5.41) is 0.542. The van der Waals surface area contributed by atoms with Crippen LogP contribution in [0, 0.1) is 0 Å². The Hall–Kier alpha value is -4.17. The zero-order valence-electron chi connectivity index (χ0n) is 22.4. The van der Waals surface area contributed by atoms with E-state index in [9.17, 15) is 9.59 Å². The van der Waals surface area contributed by atoms with Gasteiger partial charge in [0.1, 0.15) is 5.75 Å². The summed E-state index contributed by atoms with van der Waals surface area (Å²) in [6, 6.07) is 18.2. The molecule has 8 nitrogen and oxygen atoms in total. The van der Waals surface area contributed by atoms with Crippen molar-refractivity contribution in [1.29, 1.82) is 0 Å². The van der Waals surface area contributed by atoms with Gasteiger partial charge < -0.3 is 28.7 Å². The van der Waals surface area contributed by atoms with Crippen LogP contribution in [0.5, 0.6) is 23.0 Å². The number of carbonyl (C=O) groups excluding carboxylic acids is 2. The van der Waals surface area contributed by atoms with Crippen LogP contribution in [0.1, 0.15) is 21.5 Å². The van der Waals surface area contributed by atoms with Gasteiger partial charge in [-0.25, -0.2) is 0 Å². The Morgan fingerprint density at radius 1 is 0.744 bits per heavy atom. The molecule has 1 saturated heterocycles. The summed E-state index contributed by atoms with van der Waals surface area (Å²) in [6.07, 6.45) is 1.60. The van der Waals surface area contributed by atoms with Gasteiger partial charge in [-0.1, -0.05) is 41.9 Å². The van der Waals surface area contributed by atoms with Crippen LogP contribution in [0.25, 0.3) is 5.57 Å². The number of piperazine rings is 1. The molecule has 3 aromatic carbocycles. The Labute approximate surface area is 233 Å². The second-order valence-corrected chi connectivity index (χ2v) is 9.21. The molecule has 0 radical (unpaired) electrons. The molecule has 0 saturated carbocycles. The number of hydrogen-bond acceptors (Lipinski definition) is 6. The fourth-order valence-electron chi connectivity index (χ4n) is 4.52. The molecule has 3 aromatic rings. The van der Waals surface area contributed by atoms with Crippen LogP contribution >= 0.6 is 11.6 Å². The smallest absolute Gasteiger partial charge is 0.254 e. The van der Waals surface area contributed by atoms with Gasteiger partial charge in [0.15, 0.2) is 11.5 Å². The number of hydrogen-bond donors (Lipinski definition) is 0. The highest BCUT2D eigenvalue weighted by Crippen LogP contribution is 2.38. The number of amides is 2. The predicted molar refractivity (Wildman–Crippen MR) is 150 cm³/mol. The number of benzene rings is 3. The lowest BCUT2D eigenvalue weighted by Gasteiger charge is -2.34. The molecular weight excluding hydrogens is 520 g/mol. The minimum Gasteiger partial charge on any atom is -0.497 e. The number of methoxy groups -OCH3 is 4. The Balaban J connectivity index is 1.54. The molecule has 0 bridgehead atoms. The van der Waals surface area contributed by atoms with Crippen LogP contribution < -0.4 is 18.9 Å². The van der Waals surface area contributed by atoms with E-state index in [4.69, 9.17) is 30.5 Å². The second kappa shape index (κ2) is 12.6. The normalized spacial score (nSPS) is 13.6. The molecule has 2 amide bonds. The maximum Gasteiger partial charge on any atom is 0.254 e. The van der Waals surface area contributed by atoms with Crippen LogP contribution in [0.4, 0.5) is 0 Å². The Morgan fingerprint density at radius 2 is 1.38 bits per heavy atom. The Bertz CT molecular complexity index is 1360. The topological polar surface area (TPSA) is 77.5 Å². The van der Waals surface area contributed by atoms with Gasteiger partial charge in [-0.2, -0.15) is 0 Å². The number of ether oxygens (including phenoxy) is 4. The van der Waals surface area contributed by atoms with Gasteiger partial charge in [-0.3, -0.25) is 9.59 Å². The second-order valence-electron chi connectivity index (χ2n) is 8.80. The lowest BCUT2D eigenvalue weighted by Crippen LogP contribution is -2.50. The quantitative estimate of drug-likeness (QED) is 0.375. The van der Waals surface area contributed by atoms with Crippen LogP contribution in [0.15, 0.2) is 66.7 Å². The van der Waals surface area contributed by atoms with Crippen molar-refractivity contribution in [2.45, 2.75) is 0 Å². The molecule has 204 valence electrons. The summed E-state index contributed by atoms with van der Waals surface area (Å²) in [5.74, 6) is 1.58. The highest BCUT2D eigenvalue weighted by atomic mass is 35.5. The summed E-state index contributed by atoms with van der Waals surface area (Å²) in [4.78, 5) is 30.2. The lowest BCUT2D eigenvalue weighted by atomic mass is 9.97. The first-order valence-corrected chi connectivity index (χ1v) is 12.8. The third-order valence-electron chi connectivity index (χ3n) is 6.60. The fourth-order valence-corrected chi connectivity index (χ4v) is 4.76. The third kappa shape index (κ3) is 6.12. The molecule has 1 aliphatic rings. The van der Waals surface area contributed by atoms with Gasteiger partial charge in [0, 0.05) is 48.4 Å². The number of halogens is 1. The van der Waals surface area contributed by atoms with Crippen LogP contribution in [0.2, 0.25) is 5.02 Å². The van der Waals surface area contributed by atoms with Gasteiger partial charge in [0.25, 0.3) is 5.91 Å². The van der Waals surface area contributed by atoms with Crippen molar-refractivity contribution in [1.82, 2.24) is 9.80 Å². The summed E-state index contributed by atoms with van der Waals surface area (Å²) < 4.78 is 21.5. The number of carbonyl (C=O) groups is 2. The average Bonchev–Trinajstić information content (AvgIpc) is 2.99. The average molecular weight is 551 g/mol. The fraction of sp³-hybridized carbons (Fsp3) is 0.267. The van der Waals surface area contributed by atoms with E-state index in [1.165, 1.54) is 21.3 Å². The standard InChI is InChI=1S/C30H31ClN2O6/c1-36-22-9-7-8-20(16-22)24(23-10-5-6-11-25(23)31)19-28(34)32-12-14-33(15-13-32)30(35)21-17-26(37-2)29(39-4)27(18-21)38-3/h5-11,16-19H,12-15H2,1-4H3/b24-19+. The molecule has 0 aliphatic carbocycles. The van der Waals surface area contributed by atoms with Gasteiger partial charge >= 0.3 is 0 Å². The summed E-state index contributed by atoms with van der Waals surface area (Å²) >= 11 is 6.52. The maximum atomic E-state index is 13.4. The largest absolute Gasteiger partial charge is 0.497 e. The van der Waals surface area contributed by atoms with E-state index in [2.05, 4.69) is 0 Å². The molecule has 1 aliphatic heterocycles. The lowest BCUT2D eigenvalue weighted by molar-refractivity contribution is -0.127. The molecule has 9 heteroatoms. The molecule has 0 atom stereocenters. The van der Waals surface area contributed by atoms with E-state index >= 15 is 0 Å². The molecule has 4 rings (SSSR count). The van der Waals surface area contributed by atoms with Gasteiger partial charge in [0.2, 0.25) is 11.7 Å². The van der Waals surface area contributed by atoms with Gasteiger partial charge in [0.05, 0.1) is 28.4 Å². The van der Waals surface area contributed by atoms with Crippen molar-refractivity contribution in [3.63, 3.8) is 0 Å². The molecule has 1 fully saturated rings. The minimum absolute atomic E-state index is 0.160. The molecular formula is C30H31ClN2O6. The minimum atomic E-state index is -0.176. The van der Waals surface area contributed by atoms with E-state index in [1.54, 1.807) is 41.2 Å². The van der Waals surface area contributed by atoms with E-state index < -0.39 is 0 Å². The molecule has 0 N–H and O–H groups in total. The monoisotopic (exact) mass is 550 g/mol. The summed E-state index contributed by atoms with van der Waals surface area (Å²) in [7, 11) is 6.12. The van der Waals surface area contributed by atoms with Crippen molar-refractivity contribution in [3.8, 4) is 23.0 Å². The van der Waals surface area contributed by atoms with Crippen molar-refractivity contribution in [3.05, 3.63) is 88.5 Å². The molecule has 39 heavy (non-hydrogen) atoms. The third-order valence-corrected chi connectivity index (χ3v) is 6.93. The van der Waals surface area contributed by atoms with Crippen LogP contribution in [0.3, 0.4) is 0 Å². The van der Waals surface area contributed by atoms with Gasteiger partial charge in [-0.15, -0.1) is 0 Å². The zero-order chi connectivity index (χ0) is 27.9. The first-order chi connectivity index (χ1) is 18.9. The van der Waals surface area contributed by atoms with Gasteiger partial charge in [-0.05, 0) is 41.5 Å². The molecule has 0 unspecified atom stereocenters. The van der Waals surface area contributed by atoms with Crippen molar-refractivity contribution in [2.24, 2.45) is 0 Å². The van der Waals surface area contributed by atoms with Crippen LogP contribution in [-0.4, -0.2) is 76.2 Å². The zero-order valence-corrected chi connectivity index (χ0v) is 23.2. The van der Waals surface area contributed by atoms with E-state index in [0.717, 1.165) is 11.1 Å². The van der Waals surface area contributed by atoms with Crippen molar-refractivity contribution >= 4 is 29.0 Å². The van der Waals surface area contributed by atoms with E-state index in [0.29, 0.717) is 65.3 Å². The van der Waals surface area contributed by atoms with Crippen molar-refractivity contribution in [2.75, 3.05) is 54.6 Å². The maximum absolute atomic E-state index is 13.4. The highest BCUT2D eigenvalue weighted by molar-refractivity contribution is 6.32. The number of rotatable bonds is 8. The molecule has 1 heterocycles. The SMILES string of the molecule is COc1cccc(/C(=C\C(=O)N2CCN(C(=O)c3cc(OC)c(OC)c(OC)c3)CC2)c2ccccc2Cl)c1.